The van der Waals surface area contributed by atoms with Crippen LogP contribution in [0.25, 0.3) is 0 Å². The second-order valence-electron chi connectivity index (χ2n) is 9.65. The Bertz CT molecular complexity index is 1250. The van der Waals surface area contributed by atoms with Gasteiger partial charge in [-0.25, -0.2) is 0 Å². The van der Waals surface area contributed by atoms with Gasteiger partial charge >= 0.3 is 6.18 Å². The van der Waals surface area contributed by atoms with Gasteiger partial charge in [0.25, 0.3) is 5.91 Å². The molecular formula is C22H25F3N8O5. The third kappa shape index (κ3) is 3.62. The number of aliphatic hydroxyl groups is 2. The summed E-state index contributed by atoms with van der Waals surface area (Å²) in [4.78, 5) is 39.6. The number of nitrogens with two attached hydrogens (primary N) is 1. The standard InChI is InChI=1S/C22H25F3N8O5/c1-9-28-17-13(7-32-15(34)4-5-16(32)35)29-19(27)33-8-14(21(37,38)20(17,33)31-9)30-18(36)10-2-3-12(26)11(6-10)22(23,24)25/h2-3,6,13-14,17,28,31,37-38H,1,4-5,7-8,26H2,(H2,27,29)(H,30,36)/t13-,14-,17-,20-/m0/s1. The summed E-state index contributed by atoms with van der Waals surface area (Å²) >= 11 is 0. The highest BCUT2D eigenvalue weighted by molar-refractivity contribution is 6.02. The molecule has 4 fully saturated rings. The van der Waals surface area contributed by atoms with E-state index in [1.54, 1.807) is 0 Å². The Morgan fingerprint density at radius 3 is 2.53 bits per heavy atom. The Morgan fingerprint density at radius 2 is 1.89 bits per heavy atom. The minimum absolute atomic E-state index is 0.0442. The molecule has 4 aliphatic heterocycles. The summed E-state index contributed by atoms with van der Waals surface area (Å²) in [5.41, 5.74) is 1.30. The van der Waals surface area contributed by atoms with Crippen LogP contribution in [0.5, 0.6) is 0 Å². The molecule has 1 spiro atoms. The summed E-state index contributed by atoms with van der Waals surface area (Å²) in [6.45, 7) is 3.26. The average molecular weight is 538 g/mol. The van der Waals surface area contributed by atoms with Crippen molar-refractivity contribution < 1.29 is 37.8 Å². The molecule has 4 atom stereocenters. The van der Waals surface area contributed by atoms with Crippen molar-refractivity contribution in [2.75, 3.05) is 18.8 Å². The molecule has 3 amide bonds. The van der Waals surface area contributed by atoms with E-state index in [9.17, 15) is 37.8 Å². The first-order chi connectivity index (χ1) is 17.7. The van der Waals surface area contributed by atoms with Crippen LogP contribution in [0.4, 0.5) is 18.9 Å². The molecule has 204 valence electrons. The van der Waals surface area contributed by atoms with Gasteiger partial charge in [-0.15, -0.1) is 0 Å². The number of alkyl halides is 3. The van der Waals surface area contributed by atoms with Crippen molar-refractivity contribution in [2.24, 2.45) is 0 Å². The highest BCUT2D eigenvalue weighted by Crippen LogP contribution is 2.44. The van der Waals surface area contributed by atoms with Gasteiger partial charge in [-0.05, 0) is 18.2 Å². The van der Waals surface area contributed by atoms with Gasteiger partial charge < -0.3 is 42.1 Å². The number of halogens is 3. The van der Waals surface area contributed by atoms with Crippen LogP contribution in [-0.4, -0.2) is 86.4 Å². The fraction of sp³-hybridized carbons (Fsp3) is 0.455. The Kier molecular flexibility index (Phi) is 5.54. The molecule has 9 N–H and O–H groups in total. The van der Waals surface area contributed by atoms with Crippen molar-refractivity contribution in [2.45, 2.75) is 48.6 Å². The molecule has 1 aromatic rings. The summed E-state index contributed by atoms with van der Waals surface area (Å²) in [5.74, 6) is -4.80. The lowest BCUT2D eigenvalue weighted by Gasteiger charge is -2.51. The Hall–Kier alpha value is -4.05. The smallest absolute Gasteiger partial charge is 0.398 e. The van der Waals surface area contributed by atoms with Gasteiger partial charge in [-0.1, -0.05) is 6.58 Å². The third-order valence-corrected chi connectivity index (χ3v) is 7.41. The number of imide groups is 1. The van der Waals surface area contributed by atoms with Crippen LogP contribution in [0, 0.1) is 5.41 Å². The average Bonchev–Trinajstić information content (AvgIpc) is 3.41. The van der Waals surface area contributed by atoms with Crippen LogP contribution >= 0.6 is 0 Å². The number of nitrogens with zero attached hydrogens (tertiary/aromatic N) is 2. The minimum atomic E-state index is -4.81. The molecule has 16 heteroatoms. The third-order valence-electron chi connectivity index (χ3n) is 7.41. The lowest BCUT2D eigenvalue weighted by molar-refractivity contribution is -0.233. The highest BCUT2D eigenvalue weighted by Gasteiger charge is 2.74. The fourth-order valence-electron chi connectivity index (χ4n) is 5.61. The molecule has 4 saturated heterocycles. The number of anilines is 1. The van der Waals surface area contributed by atoms with Gasteiger partial charge in [0.15, 0.2) is 11.6 Å². The lowest BCUT2D eigenvalue weighted by atomic mass is 9.84. The molecule has 0 aliphatic carbocycles. The molecule has 4 aliphatic rings. The summed E-state index contributed by atoms with van der Waals surface area (Å²) in [5, 5.41) is 42.4. The van der Waals surface area contributed by atoms with Gasteiger partial charge in [0.1, 0.15) is 6.04 Å². The second kappa shape index (κ2) is 8.22. The van der Waals surface area contributed by atoms with Crippen LogP contribution in [0.3, 0.4) is 0 Å². The summed E-state index contributed by atoms with van der Waals surface area (Å²) in [6.07, 6.45) is -4.73. The van der Waals surface area contributed by atoms with E-state index >= 15 is 0 Å². The molecule has 0 bridgehead atoms. The first-order valence-corrected chi connectivity index (χ1v) is 11.6. The van der Waals surface area contributed by atoms with E-state index in [0.717, 1.165) is 17.0 Å². The van der Waals surface area contributed by atoms with Crippen molar-refractivity contribution in [3.63, 3.8) is 0 Å². The van der Waals surface area contributed by atoms with Gasteiger partial charge in [-0.3, -0.25) is 24.7 Å². The van der Waals surface area contributed by atoms with E-state index < -0.39 is 70.3 Å². The first kappa shape index (κ1) is 25.6. The molecule has 5 rings (SSSR count). The zero-order chi connectivity index (χ0) is 27.8. The number of hydrogen-bond donors (Lipinski definition) is 8. The number of benzene rings is 1. The van der Waals surface area contributed by atoms with Crippen LogP contribution < -0.4 is 27.0 Å². The fourth-order valence-corrected chi connectivity index (χ4v) is 5.61. The second-order valence-corrected chi connectivity index (χ2v) is 9.65. The Morgan fingerprint density at radius 1 is 1.24 bits per heavy atom. The van der Waals surface area contributed by atoms with E-state index in [2.05, 4.69) is 27.8 Å². The monoisotopic (exact) mass is 538 g/mol. The van der Waals surface area contributed by atoms with Crippen LogP contribution in [-0.2, 0) is 15.8 Å². The van der Waals surface area contributed by atoms with Gasteiger partial charge in [0.05, 0.1) is 30.0 Å². The van der Waals surface area contributed by atoms with E-state index in [1.165, 1.54) is 4.90 Å². The number of amides is 3. The van der Waals surface area contributed by atoms with Crippen molar-refractivity contribution in [3.05, 3.63) is 41.7 Å². The quantitative estimate of drug-likeness (QED) is 0.123. The maximum Gasteiger partial charge on any atom is 0.418 e. The summed E-state index contributed by atoms with van der Waals surface area (Å²) < 4.78 is 39.8. The number of nitrogens with one attached hydrogen (secondary N) is 5. The molecule has 1 aromatic carbocycles. The number of guanidine groups is 1. The molecular weight excluding hydrogens is 513 g/mol. The maximum atomic E-state index is 13.3. The molecule has 4 heterocycles. The number of nitrogen functional groups attached to an aromatic ring is 1. The minimum Gasteiger partial charge on any atom is -0.398 e. The molecule has 0 unspecified atom stereocenters. The zero-order valence-corrected chi connectivity index (χ0v) is 19.7. The molecule has 0 saturated carbocycles. The highest BCUT2D eigenvalue weighted by atomic mass is 19.4. The number of rotatable bonds is 4. The molecule has 0 radical (unpaired) electrons. The lowest BCUT2D eigenvalue weighted by Crippen LogP contribution is -2.81. The summed E-state index contributed by atoms with van der Waals surface area (Å²) in [6, 6.07) is -0.786. The van der Waals surface area contributed by atoms with E-state index in [-0.39, 0.29) is 37.7 Å². The SMILES string of the molecule is C=C1N[C@H]2[C@H](CN3C(=O)CCC3=O)NC(=N)N3C[C@H](NC(=O)c4ccc(N)c(C(F)(F)F)c4)C(O)(O)[C@]23N1. The Balaban J connectivity index is 1.45. The molecule has 0 aromatic heterocycles. The largest absolute Gasteiger partial charge is 0.418 e. The van der Waals surface area contributed by atoms with Gasteiger partial charge in [0.2, 0.25) is 17.6 Å². The van der Waals surface area contributed by atoms with E-state index in [0.29, 0.717) is 6.07 Å². The number of carbonyl (C=O) groups is 3. The predicted molar refractivity (Wildman–Crippen MR) is 124 cm³/mol. The van der Waals surface area contributed by atoms with Crippen LogP contribution in [0.2, 0.25) is 0 Å². The van der Waals surface area contributed by atoms with Crippen molar-refractivity contribution in [1.29, 1.82) is 5.41 Å². The van der Waals surface area contributed by atoms with Crippen molar-refractivity contribution >= 4 is 29.4 Å². The maximum absolute atomic E-state index is 13.3. The van der Waals surface area contributed by atoms with Crippen LogP contribution in [0.15, 0.2) is 30.6 Å². The zero-order valence-electron chi connectivity index (χ0n) is 19.7. The Labute approximate surface area is 213 Å². The van der Waals surface area contributed by atoms with Crippen molar-refractivity contribution in [1.82, 2.24) is 31.1 Å². The van der Waals surface area contributed by atoms with Gasteiger partial charge in [-0.2, -0.15) is 13.2 Å². The van der Waals surface area contributed by atoms with Crippen molar-refractivity contribution in [3.8, 4) is 0 Å². The number of hydrogen-bond acceptors (Lipinski definition) is 9. The van der Waals surface area contributed by atoms with E-state index in [4.69, 9.17) is 11.1 Å². The predicted octanol–water partition coefficient (Wildman–Crippen LogP) is -1.83. The summed E-state index contributed by atoms with van der Waals surface area (Å²) in [7, 11) is 0. The van der Waals surface area contributed by atoms with E-state index in [1.807, 2.05) is 0 Å². The van der Waals surface area contributed by atoms with Gasteiger partial charge in [0, 0.05) is 30.6 Å². The number of likely N-dealkylation sites (tertiary alicyclic amines) is 1. The molecule has 38 heavy (non-hydrogen) atoms. The normalized spacial score (nSPS) is 30.0. The first-order valence-electron chi connectivity index (χ1n) is 11.6. The molecule has 13 nitrogen and oxygen atoms in total. The number of carbonyl (C=O) groups excluding carboxylic acids is 3. The van der Waals surface area contributed by atoms with Crippen LogP contribution in [0.1, 0.15) is 28.8 Å². The topological polar surface area (TPSA) is 196 Å².